The van der Waals surface area contributed by atoms with Gasteiger partial charge in [0.1, 0.15) is 11.9 Å². The molecule has 186 valence electrons. The number of ether oxygens (including phenoxy) is 2. The van der Waals surface area contributed by atoms with Gasteiger partial charge < -0.3 is 9.47 Å². The van der Waals surface area contributed by atoms with Crippen LogP contribution in [0.4, 0.5) is 0 Å². The highest BCUT2D eigenvalue weighted by molar-refractivity contribution is 5.89. The number of hydrogen-bond acceptors (Lipinski definition) is 5. The predicted octanol–water partition coefficient (Wildman–Crippen LogP) is 6.85. The molecule has 0 bridgehead atoms. The van der Waals surface area contributed by atoms with Gasteiger partial charge in [0.15, 0.2) is 0 Å². The van der Waals surface area contributed by atoms with E-state index in [0.717, 1.165) is 56.9 Å². The Morgan fingerprint density at radius 2 is 1.42 bits per heavy atom. The Kier molecular flexibility index (Phi) is 15.2. The van der Waals surface area contributed by atoms with Gasteiger partial charge in [-0.25, -0.2) is 4.79 Å². The summed E-state index contributed by atoms with van der Waals surface area (Å²) in [6.07, 6.45) is 12.1. The highest BCUT2D eigenvalue weighted by Crippen LogP contribution is 2.21. The van der Waals surface area contributed by atoms with Crippen LogP contribution in [-0.2, 0) is 25.5 Å². The minimum Gasteiger partial charge on any atom is -0.463 e. The molecule has 0 radical (unpaired) electrons. The zero-order valence-electron chi connectivity index (χ0n) is 21.2. The quantitative estimate of drug-likeness (QED) is 0.177. The minimum atomic E-state index is -0.297. The fourth-order valence-electron chi connectivity index (χ4n) is 4.19. The molecule has 0 N–H and O–H groups in total. The predicted molar refractivity (Wildman–Crippen MR) is 132 cm³/mol. The summed E-state index contributed by atoms with van der Waals surface area (Å²) in [4.78, 5) is 35.4. The third-order valence-electron chi connectivity index (χ3n) is 6.10. The topological polar surface area (TPSA) is 69.7 Å². The van der Waals surface area contributed by atoms with Gasteiger partial charge in [-0.15, -0.1) is 0 Å². The number of hydrogen-bond donors (Lipinski definition) is 0. The first kappa shape index (κ1) is 28.9. The van der Waals surface area contributed by atoms with Crippen LogP contribution in [-0.4, -0.2) is 30.4 Å². The molecule has 5 heteroatoms. The molecular formula is C28H44O5. The number of unbranched alkanes of at least 4 members (excludes halogenated alkanes) is 4. The summed E-state index contributed by atoms with van der Waals surface area (Å²) < 4.78 is 10.5. The average Bonchev–Trinajstić information content (AvgIpc) is 2.77. The van der Waals surface area contributed by atoms with E-state index < -0.39 is 0 Å². The standard InChI is InChI=1S/C28H44O5/c1-5-7-8-9-10-16-27(33-23(4)30)17-12-15-25(22(3)29)14-11-13-24-18-20-26(21-19-24)28(31)32-6-2/h18-21,25,27H,5-17H2,1-4H3. The number of benzene rings is 1. The van der Waals surface area contributed by atoms with Crippen molar-refractivity contribution in [2.45, 2.75) is 111 Å². The maximum absolute atomic E-state index is 12.2. The second kappa shape index (κ2) is 17.3. The van der Waals surface area contributed by atoms with E-state index in [2.05, 4.69) is 6.92 Å². The molecule has 0 heterocycles. The molecule has 5 nitrogen and oxygen atoms in total. The first-order chi connectivity index (χ1) is 15.9. The van der Waals surface area contributed by atoms with Gasteiger partial charge in [0.25, 0.3) is 0 Å². The van der Waals surface area contributed by atoms with Crippen molar-refractivity contribution in [1.29, 1.82) is 0 Å². The van der Waals surface area contributed by atoms with E-state index in [-0.39, 0.29) is 29.7 Å². The Hall–Kier alpha value is -2.17. The third-order valence-corrected chi connectivity index (χ3v) is 6.10. The Bertz CT molecular complexity index is 695. The molecule has 1 aromatic rings. The molecule has 0 fully saturated rings. The fourth-order valence-corrected chi connectivity index (χ4v) is 4.19. The van der Waals surface area contributed by atoms with Gasteiger partial charge in [-0.2, -0.15) is 0 Å². The summed E-state index contributed by atoms with van der Waals surface area (Å²) in [7, 11) is 0. The summed E-state index contributed by atoms with van der Waals surface area (Å²) in [6, 6.07) is 7.51. The molecule has 33 heavy (non-hydrogen) atoms. The smallest absolute Gasteiger partial charge is 0.338 e. The molecule has 1 aromatic carbocycles. The number of carbonyl (C=O) groups is 3. The van der Waals surface area contributed by atoms with E-state index in [9.17, 15) is 14.4 Å². The lowest BCUT2D eigenvalue weighted by atomic mass is 9.90. The van der Waals surface area contributed by atoms with Crippen molar-refractivity contribution in [2.75, 3.05) is 6.61 Å². The van der Waals surface area contributed by atoms with Crippen LogP contribution < -0.4 is 0 Å². The molecule has 0 aromatic heterocycles. The molecule has 0 aliphatic heterocycles. The second-order valence-corrected chi connectivity index (χ2v) is 8.98. The van der Waals surface area contributed by atoms with Crippen LogP contribution in [0.15, 0.2) is 24.3 Å². The van der Waals surface area contributed by atoms with E-state index in [1.165, 1.54) is 32.6 Å². The molecule has 0 saturated heterocycles. The molecule has 0 aliphatic carbocycles. The molecule has 2 unspecified atom stereocenters. The SMILES string of the molecule is CCCCCCCC(CCCC(CCCc1ccc(C(=O)OCC)cc1)C(C)=O)OC(C)=O. The monoisotopic (exact) mass is 460 g/mol. The second-order valence-electron chi connectivity index (χ2n) is 8.98. The summed E-state index contributed by atoms with van der Waals surface area (Å²) in [5.41, 5.74) is 1.72. The largest absolute Gasteiger partial charge is 0.463 e. The Morgan fingerprint density at radius 1 is 0.788 bits per heavy atom. The van der Waals surface area contributed by atoms with Gasteiger partial charge in [0.05, 0.1) is 12.2 Å². The van der Waals surface area contributed by atoms with Crippen molar-refractivity contribution in [3.63, 3.8) is 0 Å². The summed E-state index contributed by atoms with van der Waals surface area (Å²) >= 11 is 0. The molecule has 0 spiro atoms. The van der Waals surface area contributed by atoms with Crippen LogP contribution in [0, 0.1) is 5.92 Å². The lowest BCUT2D eigenvalue weighted by molar-refractivity contribution is -0.147. The molecule has 2 atom stereocenters. The number of Topliss-reactive ketones (excluding diaryl/α,β-unsaturated/α-hetero) is 1. The Labute approximate surface area is 200 Å². The number of rotatable bonds is 18. The van der Waals surface area contributed by atoms with E-state index in [1.54, 1.807) is 26.0 Å². The Morgan fingerprint density at radius 3 is 2.03 bits per heavy atom. The van der Waals surface area contributed by atoms with Crippen LogP contribution in [0.1, 0.15) is 114 Å². The molecule has 1 rings (SSSR count). The Balaban J connectivity index is 2.41. The summed E-state index contributed by atoms with van der Waals surface area (Å²) in [5, 5.41) is 0. The first-order valence-corrected chi connectivity index (χ1v) is 12.8. The van der Waals surface area contributed by atoms with Crippen molar-refractivity contribution in [1.82, 2.24) is 0 Å². The van der Waals surface area contributed by atoms with Crippen LogP contribution in [0.2, 0.25) is 0 Å². The van der Waals surface area contributed by atoms with E-state index in [0.29, 0.717) is 12.2 Å². The fraction of sp³-hybridized carbons (Fsp3) is 0.679. The lowest BCUT2D eigenvalue weighted by Gasteiger charge is -2.19. The van der Waals surface area contributed by atoms with Crippen LogP contribution in [0.5, 0.6) is 0 Å². The molecule has 0 aliphatic rings. The van der Waals surface area contributed by atoms with Crippen molar-refractivity contribution in [3.8, 4) is 0 Å². The van der Waals surface area contributed by atoms with Crippen molar-refractivity contribution in [2.24, 2.45) is 5.92 Å². The summed E-state index contributed by atoms with van der Waals surface area (Å²) in [6.45, 7) is 7.52. The number of ketones is 1. The highest BCUT2D eigenvalue weighted by Gasteiger charge is 2.17. The maximum atomic E-state index is 12.2. The molecule has 0 amide bonds. The van der Waals surface area contributed by atoms with Crippen LogP contribution >= 0.6 is 0 Å². The number of esters is 2. The highest BCUT2D eigenvalue weighted by atomic mass is 16.5. The van der Waals surface area contributed by atoms with Crippen LogP contribution in [0.3, 0.4) is 0 Å². The number of carbonyl (C=O) groups excluding carboxylic acids is 3. The van der Waals surface area contributed by atoms with E-state index in [4.69, 9.17) is 9.47 Å². The van der Waals surface area contributed by atoms with Gasteiger partial charge in [0, 0.05) is 12.8 Å². The maximum Gasteiger partial charge on any atom is 0.338 e. The minimum absolute atomic E-state index is 0.0327. The summed E-state index contributed by atoms with van der Waals surface area (Å²) in [5.74, 6) is -0.234. The van der Waals surface area contributed by atoms with Crippen LogP contribution in [0.25, 0.3) is 0 Å². The average molecular weight is 461 g/mol. The van der Waals surface area contributed by atoms with Gasteiger partial charge in [-0.3, -0.25) is 9.59 Å². The third kappa shape index (κ3) is 13.2. The molecule has 0 saturated carbocycles. The zero-order valence-corrected chi connectivity index (χ0v) is 21.2. The van der Waals surface area contributed by atoms with E-state index in [1.807, 2.05) is 12.1 Å². The zero-order chi connectivity index (χ0) is 24.5. The molecular weight excluding hydrogens is 416 g/mol. The normalized spacial score (nSPS) is 12.7. The first-order valence-electron chi connectivity index (χ1n) is 12.8. The van der Waals surface area contributed by atoms with Crippen molar-refractivity contribution < 1.29 is 23.9 Å². The van der Waals surface area contributed by atoms with Gasteiger partial charge in [-0.05, 0) is 82.9 Å². The number of aryl methyl sites for hydroxylation is 1. The van der Waals surface area contributed by atoms with Gasteiger partial charge in [0.2, 0.25) is 0 Å². The van der Waals surface area contributed by atoms with Crippen molar-refractivity contribution >= 4 is 17.7 Å². The van der Waals surface area contributed by atoms with Gasteiger partial charge >= 0.3 is 11.9 Å². The van der Waals surface area contributed by atoms with E-state index >= 15 is 0 Å². The lowest BCUT2D eigenvalue weighted by Crippen LogP contribution is -2.18. The van der Waals surface area contributed by atoms with Gasteiger partial charge in [-0.1, -0.05) is 44.7 Å². The van der Waals surface area contributed by atoms with Crippen molar-refractivity contribution in [3.05, 3.63) is 35.4 Å².